The van der Waals surface area contributed by atoms with E-state index in [9.17, 15) is 192 Å². The highest BCUT2D eigenvalue weighted by Crippen LogP contribution is 2.43. The van der Waals surface area contributed by atoms with Gasteiger partial charge < -0.3 is 275 Å². The van der Waals surface area contributed by atoms with Crippen LogP contribution in [0.4, 0.5) is 0 Å². The number of carbonyl (C=O) groups excluding carboxylic acids is 5. The first kappa shape index (κ1) is 114. The van der Waals surface area contributed by atoms with Gasteiger partial charge in [0, 0.05) is 47.5 Å². The molecule has 10 heterocycles. The summed E-state index contributed by atoms with van der Waals surface area (Å²) in [4.78, 5) is 89.1. The summed E-state index contributed by atoms with van der Waals surface area (Å²) >= 11 is 0. The van der Waals surface area contributed by atoms with Gasteiger partial charge in [0.25, 0.3) is 11.6 Å². The number of ether oxygens (including phenoxy) is 19. The Bertz CT molecular complexity index is 3930. The van der Waals surface area contributed by atoms with Gasteiger partial charge in [-0.3, -0.25) is 24.0 Å². The Hall–Kier alpha value is -5.63. The van der Waals surface area contributed by atoms with Crippen molar-refractivity contribution in [2.24, 2.45) is 0 Å². The zero-order chi connectivity index (χ0) is 102. The van der Waals surface area contributed by atoms with Gasteiger partial charge in [-0.05, 0) is 0 Å². The molecule has 0 radical (unpaired) electrons. The topological polar surface area (TPSA) is 982 Å². The van der Waals surface area contributed by atoms with Crippen molar-refractivity contribution >= 4 is 41.5 Å². The van der Waals surface area contributed by atoms with Crippen LogP contribution in [-0.2, 0) is 124 Å². The lowest BCUT2D eigenvalue weighted by Gasteiger charge is -2.51. The number of aliphatic hydroxyl groups is 29. The van der Waals surface area contributed by atoms with Gasteiger partial charge in [0.2, 0.25) is 29.5 Å². The molecule has 0 aromatic heterocycles. The summed E-state index contributed by atoms with van der Waals surface area (Å²) in [5, 5.41) is 357. The van der Waals surface area contributed by atoms with Crippen molar-refractivity contribution in [3.63, 3.8) is 0 Å². The maximum Gasteiger partial charge on any atom is 0.364 e. The Kier molecular flexibility index (Phi) is 40.6. The van der Waals surface area contributed by atoms with Crippen LogP contribution >= 0.6 is 0 Å². The standard InChI is InChI=1S/C76H125N5O57/c1-18(89)77-35-23(94)6-75(73(116)117,137-60(35)40(98)25(96)8-82)121-16-33-44(102)50(108)54(112)68(129-33)131-58-30(13-87)126-66(38(48(58)106)80-21(4)92)135-63-52(110)42(100)27(10-84)124-71(63)120-15-32-46(104)62(56(114)70(128-32)133-57-29(12-86)123-65(115)37(47(57)105)79-20(3)91)134-72-64(53(111)43(101)28(11-85)125-72)136-67-39(81-22(5)93)49(107)59(31(14-88)127-67)132-69-55(113)51(109)45(103)34(130-69)17-122-76(74(118)119)7-24(95)36(78-19(2)90)61(138-76)41(99)26(97)9-83/h23-72,82-88,94-115H,6-17H2,1-5H3,(H,77,89)(H,78,90)(H,79,91)(H,80,92)(H,81,93)(H,116,117)(H,118,119)/t23-,24-,25-,26-,27?,28+,29?,30?,31?,32?,33?,34?,35-,36-,37?,38?,39?,40-,41-,42-,43-,44+,45+,46-,47-,48-,49-,50+,51+,52+,53?,54?,55?,56?,57-,58-,59-,60?,61?,62+,63?,64?,65-,66+,67+,68+,69+,70+,71+,72-,75-,76-/m1/s1. The highest BCUT2D eigenvalue weighted by molar-refractivity contribution is 5.78. The van der Waals surface area contributed by atoms with Crippen LogP contribution < -0.4 is 26.6 Å². The van der Waals surface area contributed by atoms with Crippen LogP contribution in [0, 0.1) is 0 Å². The van der Waals surface area contributed by atoms with E-state index in [1.807, 2.05) is 0 Å². The Morgan fingerprint density at radius 3 is 0.942 bits per heavy atom. The number of amides is 5. The van der Waals surface area contributed by atoms with Crippen LogP contribution in [0.2, 0.25) is 0 Å². The second-order valence-corrected chi connectivity index (χ2v) is 34.6. The molecule has 10 rings (SSSR count). The third-order valence-corrected chi connectivity index (χ3v) is 24.8. The van der Waals surface area contributed by atoms with Crippen molar-refractivity contribution in [2.45, 2.75) is 365 Å². The Balaban J connectivity index is 0.908. The maximum atomic E-state index is 13.2. The summed E-state index contributed by atoms with van der Waals surface area (Å²) in [6.07, 6.45) is -103. The predicted octanol–water partition coefficient (Wildman–Crippen LogP) is -23.7. The van der Waals surface area contributed by atoms with Gasteiger partial charge in [0.05, 0.1) is 90.4 Å². The fourth-order valence-electron chi connectivity index (χ4n) is 17.5. The summed E-state index contributed by atoms with van der Waals surface area (Å²) in [5.74, 6) is -15.0. The van der Waals surface area contributed by atoms with E-state index in [1.165, 1.54) is 0 Å². The molecule has 0 aromatic carbocycles. The van der Waals surface area contributed by atoms with Crippen molar-refractivity contribution < 1.29 is 282 Å². The molecule has 62 nitrogen and oxygen atoms in total. The van der Waals surface area contributed by atoms with Crippen LogP contribution in [0.5, 0.6) is 0 Å². The third kappa shape index (κ3) is 25.4. The minimum atomic E-state index is -3.11. The van der Waals surface area contributed by atoms with Crippen LogP contribution in [0.25, 0.3) is 0 Å². The molecule has 0 aliphatic carbocycles. The molecule has 138 heavy (non-hydrogen) atoms. The number of carboxylic acid groups (broad SMARTS) is 2. The summed E-state index contributed by atoms with van der Waals surface area (Å²) < 4.78 is 112. The molecule has 0 saturated carbocycles. The van der Waals surface area contributed by atoms with Crippen LogP contribution in [0.3, 0.4) is 0 Å². The molecule has 0 aromatic rings. The molecule has 52 atom stereocenters. The normalized spacial score (nSPS) is 46.2. The van der Waals surface area contributed by atoms with Crippen molar-refractivity contribution in [2.75, 3.05) is 66.1 Å². The maximum absolute atomic E-state index is 13.2. The number of hydrogen-bond acceptors (Lipinski definition) is 55. The first-order valence-electron chi connectivity index (χ1n) is 43.4. The van der Waals surface area contributed by atoms with E-state index in [0.717, 1.165) is 34.6 Å². The molecule has 10 fully saturated rings. The summed E-state index contributed by atoms with van der Waals surface area (Å²) in [7, 11) is 0. The van der Waals surface area contributed by atoms with E-state index in [1.54, 1.807) is 0 Å². The fraction of sp³-hybridized carbons (Fsp3) is 0.908. The first-order valence-corrected chi connectivity index (χ1v) is 43.4. The van der Waals surface area contributed by atoms with Crippen molar-refractivity contribution in [3.05, 3.63) is 0 Å². The van der Waals surface area contributed by atoms with Gasteiger partial charge in [0.15, 0.2) is 50.3 Å². The molecule has 10 aliphatic heterocycles. The van der Waals surface area contributed by atoms with Gasteiger partial charge in [-0.25, -0.2) is 9.59 Å². The van der Waals surface area contributed by atoms with Crippen LogP contribution in [-0.4, -0.2) is 584 Å². The highest BCUT2D eigenvalue weighted by Gasteiger charge is 2.64. The lowest BCUT2D eigenvalue weighted by molar-refractivity contribution is -0.398. The summed E-state index contributed by atoms with van der Waals surface area (Å²) in [6, 6.07) is -9.40. The smallest absolute Gasteiger partial charge is 0.364 e. The molecule has 10 saturated heterocycles. The summed E-state index contributed by atoms with van der Waals surface area (Å²) in [5.41, 5.74) is 0. The van der Waals surface area contributed by atoms with E-state index < -0.39 is 438 Å². The van der Waals surface area contributed by atoms with Crippen LogP contribution in [0.15, 0.2) is 0 Å². The zero-order valence-electron chi connectivity index (χ0n) is 73.8. The van der Waals surface area contributed by atoms with Crippen LogP contribution in [0.1, 0.15) is 47.5 Å². The van der Waals surface area contributed by atoms with Gasteiger partial charge in [-0.15, -0.1) is 0 Å². The number of rotatable bonds is 39. The summed E-state index contributed by atoms with van der Waals surface area (Å²) in [6.45, 7) is -7.65. The monoisotopic (exact) mass is 2020 g/mol. The molecular formula is C76H125N5O57. The molecule has 10 aliphatic rings. The van der Waals surface area contributed by atoms with E-state index in [2.05, 4.69) is 26.6 Å². The Morgan fingerprint density at radius 2 is 0.587 bits per heavy atom. The molecule has 62 heteroatoms. The fourth-order valence-corrected chi connectivity index (χ4v) is 17.5. The van der Waals surface area contributed by atoms with Gasteiger partial charge >= 0.3 is 11.9 Å². The Morgan fingerprint density at radius 1 is 0.297 bits per heavy atom. The van der Waals surface area contributed by atoms with E-state index >= 15 is 0 Å². The minimum Gasteiger partial charge on any atom is -0.477 e. The van der Waals surface area contributed by atoms with Gasteiger partial charge in [0.1, 0.15) is 232 Å². The number of carboxylic acids is 2. The lowest BCUT2D eigenvalue weighted by atomic mass is 9.88. The number of hydrogen-bond donors (Lipinski definition) is 36. The Labute approximate surface area is 779 Å². The lowest BCUT2D eigenvalue weighted by Crippen LogP contribution is -2.70. The number of aliphatic hydroxyl groups excluding tert-OH is 29. The molecule has 0 bridgehead atoms. The predicted molar refractivity (Wildman–Crippen MR) is 422 cm³/mol. The number of carbonyl (C=O) groups is 7. The quantitative estimate of drug-likeness (QED) is 0.0272. The molecular weight excluding hydrogens is 1890 g/mol. The van der Waals surface area contributed by atoms with Crippen molar-refractivity contribution in [3.8, 4) is 0 Å². The minimum absolute atomic E-state index is 0.852. The first-order chi connectivity index (χ1) is 64.9. The third-order valence-electron chi connectivity index (χ3n) is 24.8. The van der Waals surface area contributed by atoms with Crippen molar-refractivity contribution in [1.29, 1.82) is 0 Å². The van der Waals surface area contributed by atoms with Gasteiger partial charge in [-0.1, -0.05) is 0 Å². The molecule has 5 amide bonds. The molecule has 18 unspecified atom stereocenters. The van der Waals surface area contributed by atoms with E-state index in [0.29, 0.717) is 0 Å². The van der Waals surface area contributed by atoms with Crippen molar-refractivity contribution in [1.82, 2.24) is 26.6 Å². The average molecular weight is 2020 g/mol. The average Bonchev–Trinajstić information content (AvgIpc) is 0.767. The van der Waals surface area contributed by atoms with Gasteiger partial charge in [-0.2, -0.15) is 0 Å². The van der Waals surface area contributed by atoms with E-state index in [-0.39, 0.29) is 0 Å². The highest BCUT2D eigenvalue weighted by atomic mass is 16.8. The largest absolute Gasteiger partial charge is 0.477 e. The second-order valence-electron chi connectivity index (χ2n) is 34.6. The molecule has 36 N–H and O–H groups in total. The second kappa shape index (κ2) is 49.0. The van der Waals surface area contributed by atoms with E-state index in [4.69, 9.17) is 90.0 Å². The SMILES string of the molecule is CC(=O)NC1[C@H](OC2C(O)[C@H](O)[C@H](CO)O[C@@H]2O[C@@H]2C(O)[C@H](O[C@@H]3C(CO)O[C@@H](O)C(NC(C)=O)[C@H]3O)OC(CO[C@H]3OC(CO)[C@@H](O)[C@H](O)C3O[C@@H]3OC(CO)[C@@H](O[C@@H]4OC(CO[C@]5(C(=O)O)C[C@@H](O)[C@@H](NC(C)=O)C([C@H](O)[C@H](O)CO)O5)[C@H](O)[C@H](O)C4O)[C@H](O)C3NC(C)=O)[C@H]2O)OC(CO)[C@@H](O[C@@H]2OC(CO[C@]3(C(=O)O)C[C@@H](O)[C@@H](NC(C)=O)C([C@H](O)[C@H](O)CO)O3)[C@H](O)[C@H](O)C2O)[C@@H]1O. The number of nitrogens with one attached hydrogen (secondary N) is 5. The molecule has 796 valence electrons. The number of aliphatic carboxylic acids is 2. The zero-order valence-corrected chi connectivity index (χ0v) is 73.8. The molecule has 0 spiro atoms.